The zero-order valence-corrected chi connectivity index (χ0v) is 14.6. The molecule has 2 aliphatic rings. The largest absolute Gasteiger partial charge is 0.454 e. The van der Waals surface area contributed by atoms with Gasteiger partial charge in [-0.15, -0.1) is 0 Å². The van der Waals surface area contributed by atoms with Crippen LogP contribution in [0.25, 0.3) is 0 Å². The molecule has 0 radical (unpaired) electrons. The average molecular weight is 362 g/mol. The normalized spacial score (nSPS) is 21.0. The summed E-state index contributed by atoms with van der Waals surface area (Å²) >= 11 is 0. The van der Waals surface area contributed by atoms with Gasteiger partial charge in [0.1, 0.15) is 0 Å². The number of hydrogen-bond acceptors (Lipinski definition) is 6. The van der Waals surface area contributed by atoms with E-state index in [9.17, 15) is 14.4 Å². The van der Waals surface area contributed by atoms with Crippen LogP contribution in [-0.2, 0) is 9.53 Å². The van der Waals surface area contributed by atoms with Gasteiger partial charge in [0.2, 0.25) is 6.79 Å². The summed E-state index contributed by atoms with van der Waals surface area (Å²) in [5.41, 5.74) is 0.238. The summed E-state index contributed by atoms with van der Waals surface area (Å²) in [6.45, 7) is 1.64. The highest BCUT2D eigenvalue weighted by Gasteiger charge is 2.23. The minimum absolute atomic E-state index is 0.0627. The Kier molecular flexibility index (Phi) is 5.60. The van der Waals surface area contributed by atoms with E-state index < -0.39 is 24.5 Å². The first-order valence-electron chi connectivity index (χ1n) is 8.70. The Bertz CT molecular complexity index is 705. The molecule has 1 saturated carbocycles. The molecule has 140 valence electrons. The van der Waals surface area contributed by atoms with Crippen LogP contribution in [0.5, 0.6) is 11.5 Å². The molecule has 1 aliphatic heterocycles. The van der Waals surface area contributed by atoms with Gasteiger partial charge in [-0.1, -0.05) is 19.8 Å². The number of fused-ring (bicyclic) bond motifs is 1. The van der Waals surface area contributed by atoms with Crippen LogP contribution in [0.3, 0.4) is 0 Å². The van der Waals surface area contributed by atoms with Gasteiger partial charge >= 0.3 is 12.0 Å². The maximum atomic E-state index is 12.0. The number of amides is 3. The quantitative estimate of drug-likeness (QED) is 0.794. The van der Waals surface area contributed by atoms with E-state index in [4.69, 9.17) is 14.2 Å². The molecule has 3 amide bonds. The summed E-state index contributed by atoms with van der Waals surface area (Å²) in [7, 11) is 0. The van der Waals surface area contributed by atoms with E-state index in [1.54, 1.807) is 6.07 Å². The number of rotatable bonds is 4. The molecule has 0 spiro atoms. The summed E-state index contributed by atoms with van der Waals surface area (Å²) in [6, 6.07) is 4.10. The van der Waals surface area contributed by atoms with Crippen molar-refractivity contribution in [3.63, 3.8) is 0 Å². The van der Waals surface area contributed by atoms with Crippen molar-refractivity contribution < 1.29 is 28.6 Å². The highest BCUT2D eigenvalue weighted by atomic mass is 16.7. The molecule has 26 heavy (non-hydrogen) atoms. The number of ether oxygens (including phenoxy) is 3. The Hall–Kier alpha value is -2.77. The third kappa shape index (κ3) is 4.44. The Balaban J connectivity index is 1.43. The second-order valence-electron chi connectivity index (χ2n) is 6.53. The van der Waals surface area contributed by atoms with Crippen molar-refractivity contribution in [1.82, 2.24) is 10.6 Å². The number of benzene rings is 1. The fourth-order valence-corrected chi connectivity index (χ4v) is 3.14. The molecule has 2 N–H and O–H groups in total. The predicted molar refractivity (Wildman–Crippen MR) is 90.9 cm³/mol. The van der Waals surface area contributed by atoms with E-state index in [2.05, 4.69) is 17.6 Å². The highest BCUT2D eigenvalue weighted by Crippen LogP contribution is 2.32. The number of nitrogens with one attached hydrogen (secondary N) is 2. The molecular formula is C18H22N2O6. The Morgan fingerprint density at radius 2 is 1.92 bits per heavy atom. The molecule has 2 atom stereocenters. The van der Waals surface area contributed by atoms with Crippen molar-refractivity contribution in [3.8, 4) is 11.5 Å². The van der Waals surface area contributed by atoms with Gasteiger partial charge < -0.3 is 19.5 Å². The van der Waals surface area contributed by atoms with Crippen molar-refractivity contribution in [1.29, 1.82) is 0 Å². The smallest absolute Gasteiger partial charge is 0.338 e. The fourth-order valence-electron chi connectivity index (χ4n) is 3.14. The van der Waals surface area contributed by atoms with Crippen LogP contribution >= 0.6 is 0 Å². The van der Waals surface area contributed by atoms with Crippen molar-refractivity contribution in [3.05, 3.63) is 23.8 Å². The number of imide groups is 1. The lowest BCUT2D eigenvalue weighted by Crippen LogP contribution is -2.48. The number of carbonyl (C=O) groups excluding carboxylic acids is 3. The first kappa shape index (κ1) is 18.0. The molecule has 1 heterocycles. The molecule has 1 aliphatic carbocycles. The van der Waals surface area contributed by atoms with Crippen molar-refractivity contribution in [2.75, 3.05) is 13.4 Å². The molecule has 8 heteroatoms. The number of esters is 1. The average Bonchev–Trinajstić information content (AvgIpc) is 3.09. The molecule has 1 aromatic carbocycles. The minimum atomic E-state index is -0.681. The second-order valence-corrected chi connectivity index (χ2v) is 6.53. The summed E-state index contributed by atoms with van der Waals surface area (Å²) < 4.78 is 15.3. The molecule has 0 unspecified atom stereocenters. The third-order valence-corrected chi connectivity index (χ3v) is 4.62. The van der Waals surface area contributed by atoms with Gasteiger partial charge in [-0.25, -0.2) is 9.59 Å². The molecular weight excluding hydrogens is 340 g/mol. The monoisotopic (exact) mass is 362 g/mol. The van der Waals surface area contributed by atoms with Crippen molar-refractivity contribution >= 4 is 17.9 Å². The molecule has 8 nitrogen and oxygen atoms in total. The van der Waals surface area contributed by atoms with Gasteiger partial charge in [0.15, 0.2) is 18.1 Å². The maximum Gasteiger partial charge on any atom is 0.338 e. The SMILES string of the molecule is C[C@H]1CCCC[C@@H]1NC(=O)NC(=O)COC(=O)c1ccc2c(c1)OCO2. The lowest BCUT2D eigenvalue weighted by atomic mass is 9.86. The van der Waals surface area contributed by atoms with E-state index in [1.807, 2.05) is 0 Å². The van der Waals surface area contributed by atoms with Gasteiger partial charge in [-0.2, -0.15) is 0 Å². The third-order valence-electron chi connectivity index (χ3n) is 4.62. The van der Waals surface area contributed by atoms with E-state index in [0.29, 0.717) is 17.4 Å². The molecule has 0 bridgehead atoms. The van der Waals surface area contributed by atoms with Crippen LogP contribution in [0.1, 0.15) is 43.0 Å². The highest BCUT2D eigenvalue weighted by molar-refractivity contribution is 5.97. The molecule has 0 aromatic heterocycles. The van der Waals surface area contributed by atoms with Crippen molar-refractivity contribution in [2.45, 2.75) is 38.6 Å². The van der Waals surface area contributed by atoms with Gasteiger partial charge in [0.25, 0.3) is 5.91 Å². The molecule has 0 saturated heterocycles. The van der Waals surface area contributed by atoms with E-state index in [-0.39, 0.29) is 18.4 Å². The second kappa shape index (κ2) is 8.07. The standard InChI is InChI=1S/C18H22N2O6/c1-11-4-2-3-5-13(11)19-18(23)20-16(21)9-24-17(22)12-6-7-14-15(8-12)26-10-25-14/h6-8,11,13H,2-5,9-10H2,1H3,(H2,19,20,21,23)/t11-,13-/m0/s1. The van der Waals surface area contributed by atoms with Crippen molar-refractivity contribution in [2.24, 2.45) is 5.92 Å². The summed E-state index contributed by atoms with van der Waals surface area (Å²) in [6.07, 6.45) is 4.19. The predicted octanol–water partition coefficient (Wildman–Crippen LogP) is 1.98. The van der Waals surface area contributed by atoms with Gasteiger partial charge in [-0.05, 0) is 37.0 Å². The van der Waals surface area contributed by atoms with Gasteiger partial charge in [-0.3, -0.25) is 10.1 Å². The van der Waals surface area contributed by atoms with Gasteiger partial charge in [0.05, 0.1) is 5.56 Å². The molecule has 1 fully saturated rings. The molecule has 3 rings (SSSR count). The van der Waals surface area contributed by atoms with Crippen LogP contribution in [0.15, 0.2) is 18.2 Å². The van der Waals surface area contributed by atoms with Crippen LogP contribution in [-0.4, -0.2) is 37.3 Å². The Morgan fingerprint density at radius 1 is 1.15 bits per heavy atom. The molecule has 1 aromatic rings. The zero-order chi connectivity index (χ0) is 18.5. The first-order valence-corrected chi connectivity index (χ1v) is 8.70. The summed E-state index contributed by atoms with van der Waals surface area (Å²) in [4.78, 5) is 35.7. The Labute approximate surface area is 151 Å². The van der Waals surface area contributed by atoms with Crippen LogP contribution in [0, 0.1) is 5.92 Å². The van der Waals surface area contributed by atoms with Gasteiger partial charge in [0, 0.05) is 6.04 Å². The number of hydrogen-bond donors (Lipinski definition) is 2. The van der Waals surface area contributed by atoms with Crippen LogP contribution in [0.4, 0.5) is 4.79 Å². The lowest BCUT2D eigenvalue weighted by Gasteiger charge is -2.29. The van der Waals surface area contributed by atoms with E-state index >= 15 is 0 Å². The summed E-state index contributed by atoms with van der Waals surface area (Å²) in [5, 5.41) is 4.99. The minimum Gasteiger partial charge on any atom is -0.454 e. The van der Waals surface area contributed by atoms with E-state index in [1.165, 1.54) is 12.1 Å². The Morgan fingerprint density at radius 3 is 2.73 bits per heavy atom. The fraction of sp³-hybridized carbons (Fsp3) is 0.500. The topological polar surface area (TPSA) is 103 Å². The summed E-state index contributed by atoms with van der Waals surface area (Å²) in [5.74, 6) is 0.0195. The first-order chi connectivity index (χ1) is 12.5. The maximum absolute atomic E-state index is 12.0. The van der Waals surface area contributed by atoms with Crippen LogP contribution in [0.2, 0.25) is 0 Å². The lowest BCUT2D eigenvalue weighted by molar-refractivity contribution is -0.123. The van der Waals surface area contributed by atoms with E-state index in [0.717, 1.165) is 25.7 Å². The van der Waals surface area contributed by atoms with Crippen LogP contribution < -0.4 is 20.1 Å². The number of urea groups is 1. The number of carbonyl (C=O) groups is 3. The zero-order valence-electron chi connectivity index (χ0n) is 14.6.